The minimum Gasteiger partial charge on any atom is -0.354 e. The Morgan fingerprint density at radius 3 is 3.18 bits per heavy atom. The van der Waals surface area contributed by atoms with E-state index in [4.69, 9.17) is 0 Å². The van der Waals surface area contributed by atoms with E-state index in [0.717, 1.165) is 17.2 Å². The number of rotatable bonds is 6. The fraction of sp³-hybridized carbons (Fsp3) is 0.500. The lowest BCUT2D eigenvalue weighted by molar-refractivity contribution is -0.485. The monoisotopic (exact) mass is 258 g/mol. The minimum atomic E-state index is -0.740. The quantitative estimate of drug-likeness (QED) is 0.218. The van der Waals surface area contributed by atoms with Gasteiger partial charge < -0.3 is 10.6 Å². The van der Waals surface area contributed by atoms with E-state index >= 15 is 0 Å². The molecule has 0 saturated heterocycles. The summed E-state index contributed by atoms with van der Waals surface area (Å²) >= 11 is 1.70. The zero-order valence-electron chi connectivity index (χ0n) is 9.34. The van der Waals surface area contributed by atoms with E-state index in [1.54, 1.807) is 25.0 Å². The third kappa shape index (κ3) is 5.76. The third-order valence-corrected chi connectivity index (χ3v) is 2.78. The van der Waals surface area contributed by atoms with Crippen molar-refractivity contribution in [1.82, 2.24) is 20.8 Å². The molecule has 0 aromatic carbocycles. The van der Waals surface area contributed by atoms with Crippen molar-refractivity contribution in [2.75, 3.05) is 19.3 Å². The van der Waals surface area contributed by atoms with Crippen LogP contribution < -0.4 is 10.6 Å². The Morgan fingerprint density at radius 1 is 1.76 bits per heavy atom. The Hall–Kier alpha value is -1.77. The second-order valence-electron chi connectivity index (χ2n) is 3.00. The van der Waals surface area contributed by atoms with E-state index in [2.05, 4.69) is 25.9 Å². The summed E-state index contributed by atoms with van der Waals surface area (Å²) in [6, 6.07) is 1.91. The first-order valence-electron chi connectivity index (χ1n) is 4.93. The Bertz CT molecular complexity index is 366. The summed E-state index contributed by atoms with van der Waals surface area (Å²) in [6.45, 7) is 0.603. The largest absolute Gasteiger partial charge is 0.354 e. The van der Waals surface area contributed by atoms with Crippen LogP contribution in [0.5, 0.6) is 0 Å². The van der Waals surface area contributed by atoms with Crippen molar-refractivity contribution in [2.45, 2.75) is 5.75 Å². The van der Waals surface area contributed by atoms with Crippen LogP contribution in [0.25, 0.3) is 0 Å². The molecule has 1 heterocycles. The molecule has 0 radical (unpaired) electrons. The summed E-state index contributed by atoms with van der Waals surface area (Å²) in [5, 5.41) is 24.7. The molecule has 3 N–H and O–H groups in total. The number of H-pyrrole nitrogens is 1. The third-order valence-electron chi connectivity index (χ3n) is 1.77. The molecule has 1 aromatic rings. The molecule has 1 rings (SSSR count). The molecule has 0 bridgehead atoms. The Kier molecular flexibility index (Phi) is 5.86. The Morgan fingerprint density at radius 2 is 2.59 bits per heavy atom. The van der Waals surface area contributed by atoms with Gasteiger partial charge in [-0.25, -0.2) is 10.1 Å². The van der Waals surface area contributed by atoms with E-state index in [1.807, 2.05) is 6.07 Å². The Labute approximate surface area is 102 Å². The molecular weight excluding hydrogens is 244 g/mol. The van der Waals surface area contributed by atoms with Gasteiger partial charge in [-0.05, 0) is 6.07 Å². The molecule has 0 spiro atoms. The van der Waals surface area contributed by atoms with Crippen LogP contribution in [0.15, 0.2) is 17.4 Å². The van der Waals surface area contributed by atoms with Gasteiger partial charge in [0.25, 0.3) is 5.96 Å². The van der Waals surface area contributed by atoms with Gasteiger partial charge in [-0.1, -0.05) is 0 Å². The number of nitrogens with one attached hydrogen (secondary N) is 3. The standard InChI is InChI=1S/C8H14N6O2S/c1-9-8(13-14(15)16)10-4-5-17-6-7-2-3-11-12-7/h2-3H,4-6H2,1H3,(H,11,12)(H2,9,10,13). The van der Waals surface area contributed by atoms with E-state index in [-0.39, 0.29) is 5.96 Å². The number of guanidine groups is 1. The van der Waals surface area contributed by atoms with Crippen LogP contribution in [0.4, 0.5) is 0 Å². The van der Waals surface area contributed by atoms with Gasteiger partial charge in [-0.3, -0.25) is 5.10 Å². The smallest absolute Gasteiger partial charge is 0.268 e. The molecule has 0 fully saturated rings. The van der Waals surface area contributed by atoms with Gasteiger partial charge in [-0.15, -0.1) is 0 Å². The molecule has 0 unspecified atom stereocenters. The number of nitro groups is 1. The van der Waals surface area contributed by atoms with Crippen molar-refractivity contribution in [2.24, 2.45) is 5.10 Å². The van der Waals surface area contributed by atoms with E-state index in [0.29, 0.717) is 6.54 Å². The second kappa shape index (κ2) is 7.49. The molecule has 0 atom stereocenters. The summed E-state index contributed by atoms with van der Waals surface area (Å²) in [6.07, 6.45) is 1.71. The van der Waals surface area contributed by atoms with Gasteiger partial charge in [0.05, 0.1) is 0 Å². The second-order valence-corrected chi connectivity index (χ2v) is 4.10. The maximum absolute atomic E-state index is 10.1. The van der Waals surface area contributed by atoms with Crippen LogP contribution in [0, 0.1) is 10.1 Å². The van der Waals surface area contributed by atoms with Crippen molar-refractivity contribution in [3.63, 3.8) is 0 Å². The normalized spacial score (nSPS) is 11.2. The average Bonchev–Trinajstić information content (AvgIpc) is 2.79. The highest BCUT2D eigenvalue weighted by atomic mass is 32.2. The van der Waals surface area contributed by atoms with Gasteiger partial charge in [0, 0.05) is 37.0 Å². The maximum atomic E-state index is 10.1. The predicted molar refractivity (Wildman–Crippen MR) is 66.2 cm³/mol. The highest BCUT2D eigenvalue weighted by Gasteiger charge is 2.01. The van der Waals surface area contributed by atoms with Crippen molar-refractivity contribution in [1.29, 1.82) is 0 Å². The fourth-order valence-electron chi connectivity index (χ4n) is 1.04. The topological polar surface area (TPSA) is 108 Å². The number of hydrogen-bond donors (Lipinski definition) is 3. The van der Waals surface area contributed by atoms with Crippen molar-refractivity contribution < 1.29 is 5.03 Å². The molecule has 94 valence electrons. The van der Waals surface area contributed by atoms with Crippen LogP contribution in [0.2, 0.25) is 0 Å². The first-order valence-corrected chi connectivity index (χ1v) is 6.08. The average molecular weight is 258 g/mol. The van der Waals surface area contributed by atoms with Crippen LogP contribution in [0.1, 0.15) is 5.69 Å². The first-order chi connectivity index (χ1) is 8.22. The highest BCUT2D eigenvalue weighted by molar-refractivity contribution is 7.98. The molecule has 0 saturated carbocycles. The van der Waals surface area contributed by atoms with Crippen LogP contribution in [-0.4, -0.2) is 40.5 Å². The molecule has 0 aliphatic carbocycles. The first kappa shape index (κ1) is 13.3. The minimum absolute atomic E-state index is 0.164. The zero-order chi connectivity index (χ0) is 12.5. The van der Waals surface area contributed by atoms with Gasteiger partial charge in [0.2, 0.25) is 0 Å². The van der Waals surface area contributed by atoms with Gasteiger partial charge in [0.15, 0.2) is 5.03 Å². The summed E-state index contributed by atoms with van der Waals surface area (Å²) < 4.78 is 0. The van der Waals surface area contributed by atoms with Crippen LogP contribution in [-0.2, 0) is 5.75 Å². The Balaban J connectivity index is 2.13. The van der Waals surface area contributed by atoms with Crippen molar-refractivity contribution in [3.05, 3.63) is 28.1 Å². The maximum Gasteiger partial charge on any atom is 0.268 e. The number of aromatic amines is 1. The van der Waals surface area contributed by atoms with Crippen LogP contribution >= 0.6 is 11.8 Å². The molecule has 17 heavy (non-hydrogen) atoms. The van der Waals surface area contributed by atoms with E-state index in [9.17, 15) is 10.1 Å². The molecule has 1 aromatic heterocycles. The van der Waals surface area contributed by atoms with Crippen molar-refractivity contribution >= 4 is 17.7 Å². The molecular formula is C8H14N6O2S. The molecule has 9 heteroatoms. The molecule has 0 amide bonds. The summed E-state index contributed by atoms with van der Waals surface area (Å²) in [5.41, 5.74) is 1.06. The molecule has 0 aliphatic rings. The number of thioether (sulfide) groups is 1. The lowest BCUT2D eigenvalue weighted by atomic mass is 10.5. The van der Waals surface area contributed by atoms with E-state index < -0.39 is 5.03 Å². The number of hydrogen-bond acceptors (Lipinski definition) is 4. The van der Waals surface area contributed by atoms with Gasteiger partial charge in [0.1, 0.15) is 5.10 Å². The highest BCUT2D eigenvalue weighted by Crippen LogP contribution is 2.07. The number of aromatic nitrogens is 2. The van der Waals surface area contributed by atoms with Crippen LogP contribution in [0.3, 0.4) is 0 Å². The SMILES string of the molecule is CNC(=N[N+](=O)[O-])NCCSCc1ccn[nH]1. The van der Waals surface area contributed by atoms with Gasteiger partial charge in [-0.2, -0.15) is 16.9 Å². The van der Waals surface area contributed by atoms with E-state index in [1.165, 1.54) is 0 Å². The van der Waals surface area contributed by atoms with Crippen molar-refractivity contribution in [3.8, 4) is 0 Å². The summed E-state index contributed by atoms with van der Waals surface area (Å²) in [4.78, 5) is 10.1. The lowest BCUT2D eigenvalue weighted by Crippen LogP contribution is -2.36. The fourth-order valence-corrected chi connectivity index (χ4v) is 1.82. The predicted octanol–water partition coefficient (Wildman–Crippen LogP) is -0.000400. The summed E-state index contributed by atoms with van der Waals surface area (Å²) in [5.74, 6) is 1.82. The number of hydrazone groups is 1. The molecule has 0 aliphatic heterocycles. The number of nitrogens with zero attached hydrogens (tertiary/aromatic N) is 3. The lowest BCUT2D eigenvalue weighted by Gasteiger charge is -2.05. The molecule has 8 nitrogen and oxygen atoms in total. The van der Waals surface area contributed by atoms with Gasteiger partial charge >= 0.3 is 0 Å². The summed E-state index contributed by atoms with van der Waals surface area (Å²) in [7, 11) is 1.58. The zero-order valence-corrected chi connectivity index (χ0v) is 10.2.